The normalized spacial score (nSPS) is 38.0. The zero-order valence-electron chi connectivity index (χ0n) is 6.48. The number of hydrogen-bond donors (Lipinski definition) is 1. The molecule has 54 valence electrons. The van der Waals surface area contributed by atoms with Gasteiger partial charge in [-0.25, -0.2) is 0 Å². The molecule has 0 saturated carbocycles. The van der Waals surface area contributed by atoms with E-state index >= 15 is 0 Å². The lowest BCUT2D eigenvalue weighted by atomic mass is 9.99. The van der Waals surface area contributed by atoms with Crippen molar-refractivity contribution in [1.82, 2.24) is 5.32 Å². The maximum atomic E-state index is 3.49. The van der Waals surface area contributed by atoms with Crippen LogP contribution in [0.4, 0.5) is 0 Å². The van der Waals surface area contributed by atoms with E-state index in [1.807, 2.05) is 0 Å². The van der Waals surface area contributed by atoms with Gasteiger partial charge in [-0.15, -0.1) is 0 Å². The van der Waals surface area contributed by atoms with Gasteiger partial charge in [-0.3, -0.25) is 0 Å². The Kier molecular flexibility index (Phi) is 2.52. The summed E-state index contributed by atoms with van der Waals surface area (Å²) in [5.74, 6) is 0.882. The smallest absolute Gasteiger partial charge is 0.00643 e. The summed E-state index contributed by atoms with van der Waals surface area (Å²) >= 11 is 0. The zero-order valence-corrected chi connectivity index (χ0v) is 6.48. The van der Waals surface area contributed by atoms with Gasteiger partial charge in [-0.2, -0.15) is 0 Å². The van der Waals surface area contributed by atoms with Crippen molar-refractivity contribution in [2.24, 2.45) is 5.92 Å². The second-order valence-corrected chi connectivity index (χ2v) is 3.22. The molecule has 1 aliphatic rings. The molecule has 2 unspecified atom stereocenters. The Morgan fingerprint density at radius 1 is 1.22 bits per heavy atom. The van der Waals surface area contributed by atoms with Gasteiger partial charge in [-0.1, -0.05) is 13.3 Å². The maximum Gasteiger partial charge on any atom is 0.00643 e. The van der Waals surface area contributed by atoms with Crippen molar-refractivity contribution >= 4 is 0 Å². The number of rotatable bonds is 0. The molecule has 1 fully saturated rings. The molecule has 1 heterocycles. The third-order valence-electron chi connectivity index (χ3n) is 2.41. The Morgan fingerprint density at radius 2 is 2.00 bits per heavy atom. The summed E-state index contributed by atoms with van der Waals surface area (Å²) in [6, 6.07) is 0.743. The monoisotopic (exact) mass is 127 g/mol. The highest BCUT2D eigenvalue weighted by Crippen LogP contribution is 2.14. The van der Waals surface area contributed by atoms with Crippen LogP contribution in [-0.2, 0) is 0 Å². The summed E-state index contributed by atoms with van der Waals surface area (Å²) < 4.78 is 0. The molecule has 0 amide bonds. The molecule has 0 aromatic carbocycles. The Morgan fingerprint density at radius 3 is 2.78 bits per heavy atom. The van der Waals surface area contributed by atoms with Crippen molar-refractivity contribution in [3.8, 4) is 0 Å². The minimum atomic E-state index is 0.743. The summed E-state index contributed by atoms with van der Waals surface area (Å²) in [4.78, 5) is 0. The Bertz CT molecular complexity index is 70.6. The van der Waals surface area contributed by atoms with Gasteiger partial charge in [-0.05, 0) is 32.2 Å². The van der Waals surface area contributed by atoms with E-state index in [0.29, 0.717) is 0 Å². The SMILES string of the molecule is CC1CCCCNC1C. The van der Waals surface area contributed by atoms with Crippen molar-refractivity contribution in [2.45, 2.75) is 39.2 Å². The van der Waals surface area contributed by atoms with Gasteiger partial charge in [0.25, 0.3) is 0 Å². The predicted octanol–water partition coefficient (Wildman–Crippen LogP) is 1.78. The molecule has 0 radical (unpaired) electrons. The minimum Gasteiger partial charge on any atom is -0.314 e. The van der Waals surface area contributed by atoms with Gasteiger partial charge in [0.15, 0.2) is 0 Å². The van der Waals surface area contributed by atoms with Crippen LogP contribution in [0.3, 0.4) is 0 Å². The van der Waals surface area contributed by atoms with Crippen LogP contribution in [0.25, 0.3) is 0 Å². The van der Waals surface area contributed by atoms with Crippen LogP contribution in [0.15, 0.2) is 0 Å². The van der Waals surface area contributed by atoms with E-state index in [-0.39, 0.29) is 0 Å². The van der Waals surface area contributed by atoms with Gasteiger partial charge in [0.2, 0.25) is 0 Å². The molecule has 0 aromatic heterocycles. The predicted molar refractivity (Wildman–Crippen MR) is 40.5 cm³/mol. The first kappa shape index (κ1) is 7.07. The largest absolute Gasteiger partial charge is 0.314 e. The molecule has 1 rings (SSSR count). The van der Waals surface area contributed by atoms with Crippen molar-refractivity contribution < 1.29 is 0 Å². The van der Waals surface area contributed by atoms with E-state index in [4.69, 9.17) is 0 Å². The van der Waals surface area contributed by atoms with Crippen LogP contribution in [0, 0.1) is 5.92 Å². The molecule has 0 spiro atoms. The van der Waals surface area contributed by atoms with Crippen LogP contribution < -0.4 is 5.32 Å². The third kappa shape index (κ3) is 1.98. The first-order chi connectivity index (χ1) is 4.30. The molecule has 1 heteroatoms. The average Bonchev–Trinajstić information content (AvgIpc) is 1.99. The molecule has 1 N–H and O–H groups in total. The average molecular weight is 127 g/mol. The van der Waals surface area contributed by atoms with Crippen LogP contribution in [-0.4, -0.2) is 12.6 Å². The van der Waals surface area contributed by atoms with Crippen molar-refractivity contribution in [3.05, 3.63) is 0 Å². The topological polar surface area (TPSA) is 12.0 Å². The molecule has 9 heavy (non-hydrogen) atoms. The zero-order chi connectivity index (χ0) is 6.69. The summed E-state index contributed by atoms with van der Waals surface area (Å²) in [5, 5.41) is 3.49. The summed E-state index contributed by atoms with van der Waals surface area (Å²) in [5.41, 5.74) is 0. The first-order valence-electron chi connectivity index (χ1n) is 4.04. The fourth-order valence-electron chi connectivity index (χ4n) is 1.37. The highest BCUT2D eigenvalue weighted by molar-refractivity contribution is 4.71. The summed E-state index contributed by atoms with van der Waals surface area (Å²) in [7, 11) is 0. The van der Waals surface area contributed by atoms with Gasteiger partial charge < -0.3 is 5.32 Å². The maximum absolute atomic E-state index is 3.49. The fourth-order valence-corrected chi connectivity index (χ4v) is 1.37. The van der Waals surface area contributed by atoms with Crippen LogP contribution in [0.5, 0.6) is 0 Å². The highest BCUT2D eigenvalue weighted by atomic mass is 14.9. The molecule has 0 aliphatic carbocycles. The molecule has 2 atom stereocenters. The minimum absolute atomic E-state index is 0.743. The van der Waals surface area contributed by atoms with E-state index < -0.39 is 0 Å². The molecule has 1 nitrogen and oxygen atoms in total. The molecular formula is C8H17N. The van der Waals surface area contributed by atoms with Crippen molar-refractivity contribution in [2.75, 3.05) is 6.54 Å². The van der Waals surface area contributed by atoms with E-state index in [0.717, 1.165) is 12.0 Å². The summed E-state index contributed by atoms with van der Waals surface area (Å²) in [6.07, 6.45) is 4.20. The van der Waals surface area contributed by atoms with E-state index in [9.17, 15) is 0 Å². The number of nitrogens with one attached hydrogen (secondary N) is 1. The van der Waals surface area contributed by atoms with E-state index in [1.165, 1.54) is 25.8 Å². The van der Waals surface area contributed by atoms with Gasteiger partial charge in [0, 0.05) is 6.04 Å². The first-order valence-corrected chi connectivity index (χ1v) is 4.04. The van der Waals surface area contributed by atoms with E-state index in [2.05, 4.69) is 19.2 Å². The lowest BCUT2D eigenvalue weighted by molar-refractivity contribution is 0.415. The quantitative estimate of drug-likeness (QED) is 0.523. The highest BCUT2D eigenvalue weighted by Gasteiger charge is 2.13. The Labute approximate surface area is 57.8 Å². The van der Waals surface area contributed by atoms with Gasteiger partial charge in [0.05, 0.1) is 0 Å². The number of hydrogen-bond acceptors (Lipinski definition) is 1. The van der Waals surface area contributed by atoms with Crippen LogP contribution in [0.1, 0.15) is 33.1 Å². The van der Waals surface area contributed by atoms with Gasteiger partial charge >= 0.3 is 0 Å². The summed E-state index contributed by atoms with van der Waals surface area (Å²) in [6.45, 7) is 5.85. The van der Waals surface area contributed by atoms with Crippen molar-refractivity contribution in [1.29, 1.82) is 0 Å². The van der Waals surface area contributed by atoms with Crippen molar-refractivity contribution in [3.63, 3.8) is 0 Å². The fraction of sp³-hybridized carbons (Fsp3) is 1.00. The Balaban J connectivity index is 2.32. The standard InChI is InChI=1S/C8H17N/c1-7-5-3-4-6-9-8(7)2/h7-9H,3-6H2,1-2H3. The molecule has 0 bridgehead atoms. The van der Waals surface area contributed by atoms with Crippen LogP contribution in [0.2, 0.25) is 0 Å². The third-order valence-corrected chi connectivity index (χ3v) is 2.41. The Hall–Kier alpha value is -0.0400. The second-order valence-electron chi connectivity index (χ2n) is 3.22. The van der Waals surface area contributed by atoms with E-state index in [1.54, 1.807) is 0 Å². The van der Waals surface area contributed by atoms with Gasteiger partial charge in [0.1, 0.15) is 0 Å². The van der Waals surface area contributed by atoms with Crippen LogP contribution >= 0.6 is 0 Å². The molecule has 0 aromatic rings. The molecule has 1 aliphatic heterocycles. The lowest BCUT2D eigenvalue weighted by Crippen LogP contribution is -2.30. The lowest BCUT2D eigenvalue weighted by Gasteiger charge is -2.16. The molecular weight excluding hydrogens is 110 g/mol. The molecule has 1 saturated heterocycles. The second kappa shape index (κ2) is 3.21.